The molecule has 0 atom stereocenters. The van der Waals surface area contributed by atoms with E-state index in [1.54, 1.807) is 23.9 Å². The molecule has 3 heteroatoms. The monoisotopic (exact) mass is 506 g/mol. The zero-order chi connectivity index (χ0) is 25.8. The topological polar surface area (TPSA) is 40.5 Å². The van der Waals surface area contributed by atoms with Crippen LogP contribution in [0.4, 0.5) is 0 Å². The van der Waals surface area contributed by atoms with Crippen LogP contribution in [0.3, 0.4) is 0 Å². The lowest BCUT2D eigenvalue weighted by molar-refractivity contribution is 0.398. The molecule has 0 radical (unpaired) electrons. The van der Waals surface area contributed by atoms with Gasteiger partial charge in [0.05, 0.1) is 4.90 Å². The number of thioether (sulfide) groups is 1. The summed E-state index contributed by atoms with van der Waals surface area (Å²) in [4.78, 5) is 0.816. The molecule has 0 fully saturated rings. The Morgan fingerprint density at radius 3 is 1.49 bits per heavy atom. The van der Waals surface area contributed by atoms with Crippen molar-refractivity contribution >= 4 is 11.8 Å². The lowest BCUT2D eigenvalue weighted by Gasteiger charge is -2.27. The van der Waals surface area contributed by atoms with Crippen molar-refractivity contribution < 1.29 is 10.2 Å². The lowest BCUT2D eigenvalue weighted by atomic mass is 9.79. The molecule has 1 aromatic rings. The minimum Gasteiger partial charge on any atom is -0.508 e. The minimum absolute atomic E-state index is 0.117. The molecule has 0 bridgehead atoms. The average molecular weight is 507 g/mol. The van der Waals surface area contributed by atoms with Gasteiger partial charge in [-0.05, 0) is 36.1 Å². The first-order valence-electron chi connectivity index (χ1n) is 15.1. The zero-order valence-corrected chi connectivity index (χ0v) is 24.6. The number of aromatic hydroxyl groups is 2. The Labute approximate surface area is 223 Å². The largest absolute Gasteiger partial charge is 0.508 e. The highest BCUT2D eigenvalue weighted by Gasteiger charge is 2.25. The number of benzene rings is 1. The number of hydrogen-bond donors (Lipinski definition) is 2. The number of phenols is 2. The maximum atomic E-state index is 10.6. The molecule has 0 aliphatic rings. The van der Waals surface area contributed by atoms with Gasteiger partial charge in [-0.2, -0.15) is 0 Å². The number of unbranched alkanes of at least 4 members (excludes halogenated alkanes) is 17. The molecule has 35 heavy (non-hydrogen) atoms. The molecule has 1 rings (SSSR count). The molecule has 0 unspecified atom stereocenters. The quantitative estimate of drug-likeness (QED) is 0.0880. The first-order valence-corrected chi connectivity index (χ1v) is 16.1. The van der Waals surface area contributed by atoms with Crippen molar-refractivity contribution in [1.29, 1.82) is 0 Å². The Hall–Kier alpha value is -0.830. The summed E-state index contributed by atoms with van der Waals surface area (Å²) in [5, 5.41) is 21.2. The van der Waals surface area contributed by atoms with E-state index in [0.717, 1.165) is 29.1 Å². The van der Waals surface area contributed by atoms with Crippen LogP contribution in [0.15, 0.2) is 17.0 Å². The van der Waals surface area contributed by atoms with Gasteiger partial charge < -0.3 is 10.2 Å². The first kappa shape index (κ1) is 32.2. The third kappa shape index (κ3) is 15.1. The van der Waals surface area contributed by atoms with Crippen molar-refractivity contribution in [2.75, 3.05) is 5.75 Å². The minimum atomic E-state index is -0.117. The van der Waals surface area contributed by atoms with Gasteiger partial charge in [0.2, 0.25) is 0 Å². The number of rotatable bonds is 23. The SMILES string of the molecule is CCCCCCCCCCCCCCCCCCSc1cc(O)c(C(C)(C)CCCCC)cc1O. The molecule has 2 nitrogen and oxygen atoms in total. The normalized spacial score (nSPS) is 11.9. The van der Waals surface area contributed by atoms with E-state index in [-0.39, 0.29) is 5.41 Å². The fourth-order valence-corrected chi connectivity index (χ4v) is 5.97. The van der Waals surface area contributed by atoms with Crippen LogP contribution in [-0.4, -0.2) is 16.0 Å². The molecule has 1 aromatic carbocycles. The van der Waals surface area contributed by atoms with E-state index >= 15 is 0 Å². The van der Waals surface area contributed by atoms with E-state index in [4.69, 9.17) is 0 Å². The van der Waals surface area contributed by atoms with E-state index in [2.05, 4.69) is 27.7 Å². The molecule has 2 N–H and O–H groups in total. The van der Waals surface area contributed by atoms with Gasteiger partial charge in [-0.1, -0.05) is 143 Å². The van der Waals surface area contributed by atoms with Gasteiger partial charge in [0, 0.05) is 5.56 Å². The Morgan fingerprint density at radius 1 is 0.571 bits per heavy atom. The Bertz CT molecular complexity index is 641. The Balaban J connectivity index is 2.08. The van der Waals surface area contributed by atoms with Crippen molar-refractivity contribution in [2.45, 2.75) is 166 Å². The van der Waals surface area contributed by atoms with Crippen molar-refractivity contribution in [3.63, 3.8) is 0 Å². The summed E-state index contributed by atoms with van der Waals surface area (Å²) in [5.41, 5.74) is 0.756. The Morgan fingerprint density at radius 2 is 1.00 bits per heavy atom. The van der Waals surface area contributed by atoms with Crippen molar-refractivity contribution in [3.05, 3.63) is 17.7 Å². The van der Waals surface area contributed by atoms with Gasteiger partial charge in [0.1, 0.15) is 11.5 Å². The number of hydrogen-bond acceptors (Lipinski definition) is 3. The van der Waals surface area contributed by atoms with Crippen molar-refractivity contribution in [1.82, 2.24) is 0 Å². The summed E-state index contributed by atoms with van der Waals surface area (Å²) in [7, 11) is 0. The van der Waals surface area contributed by atoms with Crippen LogP contribution >= 0.6 is 11.8 Å². The van der Waals surface area contributed by atoms with E-state index in [9.17, 15) is 10.2 Å². The maximum Gasteiger partial charge on any atom is 0.129 e. The average Bonchev–Trinajstić information content (AvgIpc) is 2.82. The van der Waals surface area contributed by atoms with Gasteiger partial charge in [-0.3, -0.25) is 0 Å². The van der Waals surface area contributed by atoms with Gasteiger partial charge in [-0.15, -0.1) is 11.8 Å². The molecule has 204 valence electrons. The summed E-state index contributed by atoms with van der Waals surface area (Å²) in [5.74, 6) is 1.66. The highest BCUT2D eigenvalue weighted by atomic mass is 32.2. The summed E-state index contributed by atoms with van der Waals surface area (Å²) in [6, 6.07) is 3.58. The van der Waals surface area contributed by atoms with Crippen LogP contribution in [0.1, 0.15) is 162 Å². The van der Waals surface area contributed by atoms with E-state index in [1.807, 2.05) is 0 Å². The fraction of sp³-hybridized carbons (Fsp3) is 0.812. The van der Waals surface area contributed by atoms with Gasteiger partial charge in [0.15, 0.2) is 0 Å². The van der Waals surface area contributed by atoms with Crippen molar-refractivity contribution in [3.8, 4) is 11.5 Å². The van der Waals surface area contributed by atoms with Crippen LogP contribution in [0.25, 0.3) is 0 Å². The van der Waals surface area contributed by atoms with Gasteiger partial charge in [-0.25, -0.2) is 0 Å². The lowest BCUT2D eigenvalue weighted by Crippen LogP contribution is -2.17. The van der Waals surface area contributed by atoms with Gasteiger partial charge in [0.25, 0.3) is 0 Å². The molecule has 0 aromatic heterocycles. The van der Waals surface area contributed by atoms with Crippen LogP contribution in [-0.2, 0) is 5.41 Å². The molecule has 0 saturated heterocycles. The molecule has 0 aliphatic heterocycles. The highest BCUT2D eigenvalue weighted by Crippen LogP contribution is 2.41. The summed E-state index contributed by atoms with van der Waals surface area (Å²) in [6.45, 7) is 8.83. The molecule has 0 amide bonds. The molecule has 0 aliphatic carbocycles. The molecule has 0 spiro atoms. The summed E-state index contributed by atoms with van der Waals surface area (Å²) >= 11 is 1.68. The first-order chi connectivity index (χ1) is 16.9. The van der Waals surface area contributed by atoms with Crippen molar-refractivity contribution in [2.24, 2.45) is 0 Å². The van der Waals surface area contributed by atoms with Crippen LogP contribution in [0, 0.1) is 0 Å². The standard InChI is InChI=1S/C32H58O2S/c1-5-7-9-10-11-12-13-14-15-16-17-18-19-20-21-23-25-35-31-27-29(33)28(26-30(31)34)32(3,4)24-22-8-6-2/h26-27,33-34H,5-25H2,1-4H3. The molecular formula is C32H58O2S. The van der Waals surface area contributed by atoms with Gasteiger partial charge >= 0.3 is 0 Å². The summed E-state index contributed by atoms with van der Waals surface area (Å²) in [6.07, 6.45) is 26.7. The summed E-state index contributed by atoms with van der Waals surface area (Å²) < 4.78 is 0. The van der Waals surface area contributed by atoms with Crippen LogP contribution in [0.5, 0.6) is 11.5 Å². The molecule has 0 saturated carbocycles. The fourth-order valence-electron chi connectivity index (χ4n) is 5.00. The Kier molecular flexibility index (Phi) is 18.6. The third-order valence-corrected chi connectivity index (χ3v) is 8.60. The second-order valence-electron chi connectivity index (χ2n) is 11.3. The zero-order valence-electron chi connectivity index (χ0n) is 23.8. The smallest absolute Gasteiger partial charge is 0.129 e. The molecular weight excluding hydrogens is 448 g/mol. The number of phenolic OH excluding ortho intramolecular Hbond substituents is 2. The maximum absolute atomic E-state index is 10.6. The third-order valence-electron chi connectivity index (χ3n) is 7.47. The highest BCUT2D eigenvalue weighted by molar-refractivity contribution is 7.99. The van der Waals surface area contributed by atoms with Crippen LogP contribution < -0.4 is 0 Å². The van der Waals surface area contributed by atoms with Crippen LogP contribution in [0.2, 0.25) is 0 Å². The predicted octanol–water partition coefficient (Wildman–Crippen LogP) is 11.3. The van der Waals surface area contributed by atoms with E-state index < -0.39 is 0 Å². The molecule has 0 heterocycles. The second kappa shape index (κ2) is 20.3. The van der Waals surface area contributed by atoms with E-state index in [0.29, 0.717) is 11.5 Å². The second-order valence-corrected chi connectivity index (χ2v) is 12.5. The predicted molar refractivity (Wildman–Crippen MR) is 157 cm³/mol. The van der Waals surface area contributed by atoms with E-state index in [1.165, 1.54) is 116 Å².